The topological polar surface area (TPSA) is 77.1 Å². The Kier molecular flexibility index (Phi) is 7.61. The van der Waals surface area contributed by atoms with Crippen molar-refractivity contribution in [1.82, 2.24) is 14.9 Å². The van der Waals surface area contributed by atoms with Crippen LogP contribution in [-0.2, 0) is 11.3 Å². The number of thioether (sulfide) groups is 1. The molecule has 0 radical (unpaired) electrons. The molecule has 160 valence electrons. The van der Waals surface area contributed by atoms with Gasteiger partial charge in [0.05, 0.1) is 29.5 Å². The number of fused-ring (bicyclic) bond motifs is 1. The van der Waals surface area contributed by atoms with Crippen molar-refractivity contribution >= 4 is 40.2 Å². The largest absolute Gasteiger partial charge is 0.467 e. The quantitative estimate of drug-likeness (QED) is 0.379. The van der Waals surface area contributed by atoms with E-state index in [0.29, 0.717) is 32.8 Å². The molecule has 2 aromatic heterocycles. The summed E-state index contributed by atoms with van der Waals surface area (Å²) in [6.45, 7) is 6.58. The van der Waals surface area contributed by atoms with Gasteiger partial charge in [0.15, 0.2) is 5.16 Å². The van der Waals surface area contributed by atoms with Gasteiger partial charge in [-0.1, -0.05) is 37.2 Å². The van der Waals surface area contributed by atoms with Crippen molar-refractivity contribution in [3.8, 4) is 0 Å². The van der Waals surface area contributed by atoms with E-state index in [9.17, 15) is 9.59 Å². The van der Waals surface area contributed by atoms with Crippen LogP contribution < -0.4 is 10.9 Å². The highest BCUT2D eigenvalue weighted by molar-refractivity contribution is 7.99. The predicted octanol–water partition coefficient (Wildman–Crippen LogP) is 4.72. The smallest absolute Gasteiger partial charge is 0.262 e. The van der Waals surface area contributed by atoms with Crippen LogP contribution in [0, 0.1) is 5.92 Å². The molecule has 1 atom stereocenters. The third-order valence-electron chi connectivity index (χ3n) is 4.69. The van der Waals surface area contributed by atoms with E-state index in [1.165, 1.54) is 16.3 Å². The Bertz CT molecular complexity index is 1060. The maximum atomic E-state index is 13.1. The SMILES string of the molecule is CC(C)CCC(C)NC(=O)CSc1nc2cc(Cl)ccc2c(=O)n1Cc1ccco1. The summed E-state index contributed by atoms with van der Waals surface area (Å²) in [7, 11) is 0. The number of carbonyl (C=O) groups is 1. The summed E-state index contributed by atoms with van der Waals surface area (Å²) in [4.78, 5) is 30.1. The van der Waals surface area contributed by atoms with Gasteiger partial charge >= 0.3 is 0 Å². The first kappa shape index (κ1) is 22.4. The fourth-order valence-corrected chi connectivity index (χ4v) is 4.06. The summed E-state index contributed by atoms with van der Waals surface area (Å²) in [5, 5.41) is 4.45. The van der Waals surface area contributed by atoms with E-state index in [0.717, 1.165) is 12.8 Å². The fraction of sp³-hybridized carbons (Fsp3) is 0.409. The number of halogens is 1. The van der Waals surface area contributed by atoms with Gasteiger partial charge in [0.25, 0.3) is 5.56 Å². The highest BCUT2D eigenvalue weighted by Gasteiger charge is 2.16. The lowest BCUT2D eigenvalue weighted by atomic mass is 10.0. The molecule has 1 amide bonds. The van der Waals surface area contributed by atoms with Crippen molar-refractivity contribution in [3.63, 3.8) is 0 Å². The molecule has 8 heteroatoms. The molecule has 1 aromatic carbocycles. The monoisotopic (exact) mass is 447 g/mol. The van der Waals surface area contributed by atoms with Crippen molar-refractivity contribution < 1.29 is 9.21 Å². The van der Waals surface area contributed by atoms with Gasteiger partial charge in [-0.25, -0.2) is 4.98 Å². The van der Waals surface area contributed by atoms with Crippen LogP contribution in [0.4, 0.5) is 0 Å². The lowest BCUT2D eigenvalue weighted by Crippen LogP contribution is -2.34. The zero-order chi connectivity index (χ0) is 21.7. The second kappa shape index (κ2) is 10.2. The first-order valence-corrected chi connectivity index (χ1v) is 11.3. The highest BCUT2D eigenvalue weighted by Crippen LogP contribution is 2.21. The summed E-state index contributed by atoms with van der Waals surface area (Å²) in [6.07, 6.45) is 3.56. The average Bonchev–Trinajstić information content (AvgIpc) is 3.20. The molecule has 0 fully saturated rings. The van der Waals surface area contributed by atoms with Crippen molar-refractivity contribution in [2.45, 2.75) is 51.4 Å². The number of amides is 1. The number of nitrogens with one attached hydrogen (secondary N) is 1. The Balaban J connectivity index is 1.80. The molecular weight excluding hydrogens is 422 g/mol. The summed E-state index contributed by atoms with van der Waals surface area (Å²) < 4.78 is 6.94. The second-order valence-electron chi connectivity index (χ2n) is 7.75. The molecule has 0 spiro atoms. The average molecular weight is 448 g/mol. The molecule has 0 saturated carbocycles. The van der Waals surface area contributed by atoms with Gasteiger partial charge in [-0.2, -0.15) is 0 Å². The number of carbonyl (C=O) groups excluding carboxylic acids is 1. The van der Waals surface area contributed by atoms with Crippen LogP contribution in [-0.4, -0.2) is 27.3 Å². The van der Waals surface area contributed by atoms with E-state index in [1.807, 2.05) is 6.92 Å². The molecule has 3 rings (SSSR count). The van der Waals surface area contributed by atoms with E-state index >= 15 is 0 Å². The van der Waals surface area contributed by atoms with Gasteiger partial charge < -0.3 is 9.73 Å². The molecule has 1 unspecified atom stereocenters. The molecule has 0 aliphatic heterocycles. The zero-order valence-electron chi connectivity index (χ0n) is 17.4. The first-order chi connectivity index (χ1) is 14.3. The van der Waals surface area contributed by atoms with Gasteiger partial charge in [0, 0.05) is 11.1 Å². The standard InChI is InChI=1S/C22H26ClN3O3S/c1-14(2)6-7-15(3)24-20(27)13-30-22-25-19-11-16(23)8-9-18(19)21(28)26(22)12-17-5-4-10-29-17/h4-5,8-11,14-15H,6-7,12-13H2,1-3H3,(H,24,27). The van der Waals surface area contributed by atoms with Crippen LogP contribution in [0.5, 0.6) is 0 Å². The third-order valence-corrected chi connectivity index (χ3v) is 5.90. The number of hydrogen-bond donors (Lipinski definition) is 1. The van der Waals surface area contributed by atoms with Crippen molar-refractivity contribution in [2.75, 3.05) is 5.75 Å². The molecule has 0 aliphatic rings. The molecule has 3 aromatic rings. The minimum Gasteiger partial charge on any atom is -0.467 e. The number of benzene rings is 1. The summed E-state index contributed by atoms with van der Waals surface area (Å²) in [5.74, 6) is 1.33. The molecule has 0 saturated heterocycles. The summed E-state index contributed by atoms with van der Waals surface area (Å²) in [5.41, 5.74) is 0.317. The number of hydrogen-bond acceptors (Lipinski definition) is 5. The summed E-state index contributed by atoms with van der Waals surface area (Å²) in [6, 6.07) is 8.68. The molecule has 1 N–H and O–H groups in total. The van der Waals surface area contributed by atoms with E-state index in [1.54, 1.807) is 36.6 Å². The Morgan fingerprint density at radius 2 is 2.07 bits per heavy atom. The maximum Gasteiger partial charge on any atom is 0.262 e. The van der Waals surface area contributed by atoms with Crippen molar-refractivity contribution in [3.05, 3.63) is 57.7 Å². The van der Waals surface area contributed by atoms with Gasteiger partial charge in [0.1, 0.15) is 5.76 Å². The Morgan fingerprint density at radius 1 is 1.27 bits per heavy atom. The van der Waals surface area contributed by atoms with Gasteiger partial charge in [-0.05, 0) is 56.0 Å². The molecular formula is C22H26ClN3O3S. The number of nitrogens with zero attached hydrogens (tertiary/aromatic N) is 2. The number of furan rings is 1. The first-order valence-electron chi connectivity index (χ1n) is 9.98. The van der Waals surface area contributed by atoms with Crippen molar-refractivity contribution in [2.24, 2.45) is 5.92 Å². The highest BCUT2D eigenvalue weighted by atomic mass is 35.5. The van der Waals surface area contributed by atoms with Gasteiger partial charge in [-0.3, -0.25) is 14.2 Å². The van der Waals surface area contributed by atoms with E-state index < -0.39 is 0 Å². The number of aromatic nitrogens is 2. The van der Waals surface area contributed by atoms with Gasteiger partial charge in [-0.15, -0.1) is 0 Å². The fourth-order valence-electron chi connectivity index (χ4n) is 3.08. The van der Waals surface area contributed by atoms with Crippen LogP contribution in [0.25, 0.3) is 10.9 Å². The van der Waals surface area contributed by atoms with Gasteiger partial charge in [0.2, 0.25) is 5.91 Å². The van der Waals surface area contributed by atoms with Crippen LogP contribution in [0.2, 0.25) is 5.02 Å². The molecule has 6 nitrogen and oxygen atoms in total. The molecule has 0 bridgehead atoms. The minimum absolute atomic E-state index is 0.0822. The lowest BCUT2D eigenvalue weighted by molar-refractivity contribution is -0.119. The van der Waals surface area contributed by atoms with Crippen LogP contribution in [0.15, 0.2) is 51.0 Å². The molecule has 30 heavy (non-hydrogen) atoms. The predicted molar refractivity (Wildman–Crippen MR) is 121 cm³/mol. The normalized spacial score (nSPS) is 12.4. The Morgan fingerprint density at radius 3 is 2.77 bits per heavy atom. The van der Waals surface area contributed by atoms with Crippen molar-refractivity contribution in [1.29, 1.82) is 0 Å². The Hall–Kier alpha value is -2.25. The van der Waals surface area contributed by atoms with E-state index in [-0.39, 0.29) is 29.8 Å². The zero-order valence-corrected chi connectivity index (χ0v) is 18.9. The maximum absolute atomic E-state index is 13.1. The van der Waals surface area contributed by atoms with Crippen LogP contribution in [0.3, 0.4) is 0 Å². The van der Waals surface area contributed by atoms with E-state index in [4.69, 9.17) is 16.0 Å². The lowest BCUT2D eigenvalue weighted by Gasteiger charge is -2.16. The number of rotatable bonds is 9. The molecule has 0 aliphatic carbocycles. The third kappa shape index (κ3) is 5.89. The Labute approximate surface area is 185 Å². The second-order valence-corrected chi connectivity index (χ2v) is 9.13. The minimum atomic E-state index is -0.193. The van der Waals surface area contributed by atoms with Crippen LogP contribution in [0.1, 0.15) is 39.4 Å². The van der Waals surface area contributed by atoms with E-state index in [2.05, 4.69) is 24.1 Å². The molecule has 2 heterocycles. The summed E-state index contributed by atoms with van der Waals surface area (Å²) >= 11 is 7.31. The van der Waals surface area contributed by atoms with Crippen LogP contribution >= 0.6 is 23.4 Å².